The molecule has 0 aromatic heterocycles. The summed E-state index contributed by atoms with van der Waals surface area (Å²) in [5.74, 6) is -0.447. The standard InChI is InChI=1S/C14H20ClNO4S/c1-4-14(18,5-2)9-16-13(17)10-6-7-11(15)12(8-10)21(3,19)20/h6-8,18H,4-5,9H2,1-3H3,(H,16,17). The molecule has 118 valence electrons. The van der Waals surface area contributed by atoms with Gasteiger partial charge >= 0.3 is 0 Å². The van der Waals surface area contributed by atoms with Crippen molar-refractivity contribution in [1.29, 1.82) is 0 Å². The molecule has 1 rings (SSSR count). The van der Waals surface area contributed by atoms with Crippen LogP contribution in [0.1, 0.15) is 37.0 Å². The van der Waals surface area contributed by atoms with Crippen LogP contribution >= 0.6 is 11.6 Å². The van der Waals surface area contributed by atoms with E-state index in [4.69, 9.17) is 11.6 Å². The van der Waals surface area contributed by atoms with Crippen LogP contribution in [-0.2, 0) is 9.84 Å². The molecule has 1 amide bonds. The lowest BCUT2D eigenvalue weighted by Crippen LogP contribution is -2.42. The van der Waals surface area contributed by atoms with Crippen LogP contribution in [0, 0.1) is 0 Å². The first-order valence-corrected chi connectivity index (χ1v) is 8.90. The van der Waals surface area contributed by atoms with Crippen molar-refractivity contribution in [3.8, 4) is 0 Å². The lowest BCUT2D eigenvalue weighted by atomic mass is 9.97. The van der Waals surface area contributed by atoms with E-state index in [1.807, 2.05) is 13.8 Å². The second-order valence-electron chi connectivity index (χ2n) is 5.03. The molecule has 0 unspecified atom stereocenters. The van der Waals surface area contributed by atoms with E-state index in [9.17, 15) is 18.3 Å². The van der Waals surface area contributed by atoms with Crippen LogP contribution in [0.25, 0.3) is 0 Å². The highest BCUT2D eigenvalue weighted by molar-refractivity contribution is 7.90. The molecule has 1 aromatic rings. The third-order valence-corrected chi connectivity index (χ3v) is 5.07. The molecule has 0 spiro atoms. The molecule has 0 fully saturated rings. The summed E-state index contributed by atoms with van der Waals surface area (Å²) in [5, 5.41) is 12.8. The minimum absolute atomic E-state index is 0.0765. The van der Waals surface area contributed by atoms with Gasteiger partial charge in [-0.05, 0) is 31.0 Å². The molecule has 0 aliphatic heterocycles. The van der Waals surface area contributed by atoms with E-state index in [0.29, 0.717) is 12.8 Å². The van der Waals surface area contributed by atoms with Crippen molar-refractivity contribution in [2.75, 3.05) is 12.8 Å². The highest BCUT2D eigenvalue weighted by atomic mass is 35.5. The number of nitrogens with one attached hydrogen (secondary N) is 1. The molecule has 7 heteroatoms. The van der Waals surface area contributed by atoms with Gasteiger partial charge in [-0.25, -0.2) is 8.42 Å². The van der Waals surface area contributed by atoms with Gasteiger partial charge in [-0.1, -0.05) is 25.4 Å². The van der Waals surface area contributed by atoms with Crippen molar-refractivity contribution < 1.29 is 18.3 Å². The van der Waals surface area contributed by atoms with E-state index < -0.39 is 21.3 Å². The Morgan fingerprint density at radius 1 is 1.33 bits per heavy atom. The predicted octanol–water partition coefficient (Wildman–Crippen LogP) is 2.02. The lowest BCUT2D eigenvalue weighted by Gasteiger charge is -2.25. The molecule has 21 heavy (non-hydrogen) atoms. The van der Waals surface area contributed by atoms with Gasteiger partial charge in [0.15, 0.2) is 9.84 Å². The van der Waals surface area contributed by atoms with Crippen molar-refractivity contribution >= 4 is 27.3 Å². The Morgan fingerprint density at radius 3 is 2.38 bits per heavy atom. The van der Waals surface area contributed by atoms with Crippen molar-refractivity contribution in [3.05, 3.63) is 28.8 Å². The van der Waals surface area contributed by atoms with Crippen molar-refractivity contribution in [1.82, 2.24) is 5.32 Å². The van der Waals surface area contributed by atoms with E-state index in [1.165, 1.54) is 18.2 Å². The molecule has 5 nitrogen and oxygen atoms in total. The van der Waals surface area contributed by atoms with E-state index in [0.717, 1.165) is 6.26 Å². The first-order valence-electron chi connectivity index (χ1n) is 6.63. The summed E-state index contributed by atoms with van der Waals surface area (Å²) >= 11 is 5.83. The number of amides is 1. The summed E-state index contributed by atoms with van der Waals surface area (Å²) in [6.07, 6.45) is 2.06. The molecule has 0 aliphatic carbocycles. The second-order valence-corrected chi connectivity index (χ2v) is 7.42. The van der Waals surface area contributed by atoms with Gasteiger partial charge in [0, 0.05) is 18.4 Å². The van der Waals surface area contributed by atoms with Crippen LogP contribution in [0.3, 0.4) is 0 Å². The Kier molecular flexibility index (Phi) is 5.78. The van der Waals surface area contributed by atoms with E-state index in [1.54, 1.807) is 0 Å². The van der Waals surface area contributed by atoms with Crippen LogP contribution in [-0.4, -0.2) is 37.8 Å². The van der Waals surface area contributed by atoms with Gasteiger partial charge in [-0.15, -0.1) is 0 Å². The zero-order chi connectivity index (χ0) is 16.3. The molecule has 0 heterocycles. The number of carbonyl (C=O) groups is 1. The number of rotatable bonds is 6. The zero-order valence-corrected chi connectivity index (χ0v) is 13.9. The summed E-state index contributed by atoms with van der Waals surface area (Å²) in [4.78, 5) is 12.0. The summed E-state index contributed by atoms with van der Waals surface area (Å²) < 4.78 is 23.2. The van der Waals surface area contributed by atoms with Crippen LogP contribution in [0.5, 0.6) is 0 Å². The van der Waals surface area contributed by atoms with Crippen molar-refractivity contribution in [2.45, 2.75) is 37.2 Å². The molecule has 0 saturated heterocycles. The molecular formula is C14H20ClNO4S. The molecular weight excluding hydrogens is 314 g/mol. The second kappa shape index (κ2) is 6.77. The van der Waals surface area contributed by atoms with Gasteiger partial charge in [0.2, 0.25) is 0 Å². The first kappa shape index (κ1) is 17.9. The topological polar surface area (TPSA) is 83.5 Å². The number of carbonyl (C=O) groups excluding carboxylic acids is 1. The van der Waals surface area contributed by atoms with E-state index in [-0.39, 0.29) is 22.0 Å². The van der Waals surface area contributed by atoms with Crippen LogP contribution in [0.15, 0.2) is 23.1 Å². The summed E-state index contributed by atoms with van der Waals surface area (Å²) in [7, 11) is -3.50. The van der Waals surface area contributed by atoms with Crippen molar-refractivity contribution in [2.24, 2.45) is 0 Å². The predicted molar refractivity (Wildman–Crippen MR) is 82.4 cm³/mol. The fraction of sp³-hybridized carbons (Fsp3) is 0.500. The van der Waals surface area contributed by atoms with Gasteiger partial charge in [0.05, 0.1) is 15.5 Å². The summed E-state index contributed by atoms with van der Waals surface area (Å²) in [6.45, 7) is 3.77. The Morgan fingerprint density at radius 2 is 1.90 bits per heavy atom. The molecule has 0 atom stereocenters. The molecule has 0 aliphatic rings. The van der Waals surface area contributed by atoms with Gasteiger partial charge in [0.1, 0.15) is 0 Å². The minimum Gasteiger partial charge on any atom is -0.388 e. The third kappa shape index (κ3) is 4.69. The molecule has 0 radical (unpaired) electrons. The molecule has 0 bridgehead atoms. The van der Waals surface area contributed by atoms with Gasteiger partial charge in [0.25, 0.3) is 5.91 Å². The smallest absolute Gasteiger partial charge is 0.251 e. The zero-order valence-electron chi connectivity index (χ0n) is 12.3. The van der Waals surface area contributed by atoms with E-state index >= 15 is 0 Å². The molecule has 1 aromatic carbocycles. The average Bonchev–Trinajstić information content (AvgIpc) is 2.43. The molecule has 0 saturated carbocycles. The first-order chi connectivity index (χ1) is 9.63. The Hall–Kier alpha value is -1.11. The number of hydrogen-bond donors (Lipinski definition) is 2. The van der Waals surface area contributed by atoms with E-state index in [2.05, 4.69) is 5.32 Å². The maximum atomic E-state index is 12.1. The lowest BCUT2D eigenvalue weighted by molar-refractivity contribution is 0.0314. The van der Waals surface area contributed by atoms with Crippen LogP contribution in [0.4, 0.5) is 0 Å². The SMILES string of the molecule is CCC(O)(CC)CNC(=O)c1ccc(Cl)c(S(C)(=O)=O)c1. The normalized spacial score (nSPS) is 12.2. The quantitative estimate of drug-likeness (QED) is 0.834. The maximum Gasteiger partial charge on any atom is 0.251 e. The van der Waals surface area contributed by atoms with Gasteiger partial charge in [-0.3, -0.25) is 4.79 Å². The monoisotopic (exact) mass is 333 g/mol. The number of benzene rings is 1. The maximum absolute atomic E-state index is 12.1. The number of aliphatic hydroxyl groups is 1. The highest BCUT2D eigenvalue weighted by Gasteiger charge is 2.23. The molecule has 2 N–H and O–H groups in total. The van der Waals surface area contributed by atoms with Crippen molar-refractivity contribution in [3.63, 3.8) is 0 Å². The highest BCUT2D eigenvalue weighted by Crippen LogP contribution is 2.22. The van der Waals surface area contributed by atoms with Crippen LogP contribution < -0.4 is 5.32 Å². The van der Waals surface area contributed by atoms with Gasteiger partial charge in [-0.2, -0.15) is 0 Å². The van der Waals surface area contributed by atoms with Gasteiger partial charge < -0.3 is 10.4 Å². The Labute approximate surface area is 130 Å². The fourth-order valence-electron chi connectivity index (χ4n) is 1.78. The third-order valence-electron chi connectivity index (χ3n) is 3.49. The summed E-state index contributed by atoms with van der Waals surface area (Å²) in [5.41, 5.74) is -0.767. The summed E-state index contributed by atoms with van der Waals surface area (Å²) in [6, 6.07) is 4.06. The van der Waals surface area contributed by atoms with Crippen LogP contribution in [0.2, 0.25) is 5.02 Å². The number of halogens is 1. The number of hydrogen-bond acceptors (Lipinski definition) is 4. The largest absolute Gasteiger partial charge is 0.388 e. The Bertz CT molecular complexity index is 624. The Balaban J connectivity index is 2.95. The minimum atomic E-state index is -3.50. The fourth-order valence-corrected chi connectivity index (χ4v) is 3.08. The number of sulfone groups is 1. The average molecular weight is 334 g/mol.